The van der Waals surface area contributed by atoms with Crippen LogP contribution in [0.2, 0.25) is 0 Å². The molecule has 0 spiro atoms. The van der Waals surface area contributed by atoms with Gasteiger partial charge in [0.15, 0.2) is 0 Å². The molecule has 0 saturated carbocycles. The normalized spacial score (nSPS) is 10.5. The second-order valence-corrected chi connectivity index (χ2v) is 6.43. The number of aliphatic hydroxyl groups excluding tert-OH is 1. The lowest BCUT2D eigenvalue weighted by Crippen LogP contribution is -2.02. The maximum absolute atomic E-state index is 9.91. The molecule has 0 bridgehead atoms. The smallest absolute Gasteiger partial charge is 0.131 e. The molecule has 0 aliphatic heterocycles. The van der Waals surface area contributed by atoms with E-state index < -0.39 is 0 Å². The molecular formula is C24H26O4. The molecule has 0 aliphatic carbocycles. The first kappa shape index (κ1) is 19.8. The topological polar surface area (TPSA) is 47.9 Å². The number of benzene rings is 3. The maximum Gasteiger partial charge on any atom is 0.131 e. The summed E-state index contributed by atoms with van der Waals surface area (Å²) in [5.74, 6) is 2.14. The third-order valence-corrected chi connectivity index (χ3v) is 4.44. The summed E-state index contributed by atoms with van der Waals surface area (Å²) in [6.07, 6.45) is 0.906. The van der Waals surface area contributed by atoms with Gasteiger partial charge in [-0.2, -0.15) is 0 Å². The van der Waals surface area contributed by atoms with Gasteiger partial charge < -0.3 is 19.3 Å². The molecule has 0 heterocycles. The van der Waals surface area contributed by atoms with Crippen LogP contribution in [0.3, 0.4) is 0 Å². The molecule has 3 rings (SSSR count). The van der Waals surface area contributed by atoms with Crippen LogP contribution in [0.25, 0.3) is 11.1 Å². The highest BCUT2D eigenvalue weighted by Crippen LogP contribution is 2.41. The fourth-order valence-corrected chi connectivity index (χ4v) is 3.04. The van der Waals surface area contributed by atoms with Crippen LogP contribution in [0.1, 0.15) is 24.5 Å². The lowest BCUT2D eigenvalue weighted by Gasteiger charge is -2.18. The van der Waals surface area contributed by atoms with Crippen molar-refractivity contribution < 1.29 is 19.3 Å². The molecule has 0 fully saturated rings. The zero-order valence-electron chi connectivity index (χ0n) is 16.4. The summed E-state index contributed by atoms with van der Waals surface area (Å²) in [7, 11) is 1.63. The molecule has 0 unspecified atom stereocenters. The van der Waals surface area contributed by atoms with Crippen molar-refractivity contribution in [2.45, 2.75) is 26.6 Å². The van der Waals surface area contributed by atoms with Crippen molar-refractivity contribution >= 4 is 0 Å². The van der Waals surface area contributed by atoms with E-state index in [1.807, 2.05) is 66.7 Å². The average molecular weight is 378 g/mol. The van der Waals surface area contributed by atoms with Gasteiger partial charge >= 0.3 is 0 Å². The second-order valence-electron chi connectivity index (χ2n) is 6.43. The van der Waals surface area contributed by atoms with Crippen LogP contribution in [-0.2, 0) is 13.2 Å². The van der Waals surface area contributed by atoms with Gasteiger partial charge in [0, 0.05) is 17.2 Å². The van der Waals surface area contributed by atoms with Gasteiger partial charge in [-0.25, -0.2) is 0 Å². The van der Waals surface area contributed by atoms with E-state index in [4.69, 9.17) is 14.2 Å². The van der Waals surface area contributed by atoms with Crippen LogP contribution < -0.4 is 14.2 Å². The lowest BCUT2D eigenvalue weighted by atomic mass is 9.97. The first-order valence-electron chi connectivity index (χ1n) is 9.47. The molecule has 0 aliphatic rings. The number of hydrogen-bond donors (Lipinski definition) is 1. The standard InChI is InChI=1S/C24H26O4/c1-3-14-27-22-11-7-10-19(16-25)24(22)21-13-12-20(26-2)15-23(21)28-17-18-8-5-4-6-9-18/h4-13,15,25H,3,14,16-17H2,1-2H3. The van der Waals surface area contributed by atoms with Gasteiger partial charge in [0.05, 0.1) is 20.3 Å². The Morgan fingerprint density at radius 1 is 0.857 bits per heavy atom. The van der Waals surface area contributed by atoms with Crippen LogP contribution in [0.4, 0.5) is 0 Å². The Morgan fingerprint density at radius 3 is 2.39 bits per heavy atom. The predicted octanol–water partition coefficient (Wildman–Crippen LogP) is 5.22. The number of methoxy groups -OCH3 is 1. The van der Waals surface area contributed by atoms with E-state index >= 15 is 0 Å². The van der Waals surface area contributed by atoms with Crippen LogP contribution in [0.15, 0.2) is 66.7 Å². The minimum atomic E-state index is -0.0805. The van der Waals surface area contributed by atoms with E-state index in [-0.39, 0.29) is 6.61 Å². The third kappa shape index (κ3) is 4.65. The molecule has 3 aromatic rings. The Labute approximate surface area is 166 Å². The molecular weight excluding hydrogens is 352 g/mol. The van der Waals surface area contributed by atoms with E-state index in [0.29, 0.717) is 24.7 Å². The Bertz CT molecular complexity index is 890. The van der Waals surface area contributed by atoms with E-state index in [9.17, 15) is 5.11 Å². The van der Waals surface area contributed by atoms with E-state index in [1.54, 1.807) is 7.11 Å². The van der Waals surface area contributed by atoms with Gasteiger partial charge in [0.25, 0.3) is 0 Å². The summed E-state index contributed by atoms with van der Waals surface area (Å²) in [4.78, 5) is 0. The number of hydrogen-bond acceptors (Lipinski definition) is 4. The second kappa shape index (κ2) is 9.81. The lowest BCUT2D eigenvalue weighted by molar-refractivity contribution is 0.279. The first-order valence-corrected chi connectivity index (χ1v) is 9.47. The van der Waals surface area contributed by atoms with Gasteiger partial charge in [-0.1, -0.05) is 49.4 Å². The Morgan fingerprint density at radius 2 is 1.68 bits per heavy atom. The highest BCUT2D eigenvalue weighted by molar-refractivity contribution is 5.79. The summed E-state index contributed by atoms with van der Waals surface area (Å²) in [6, 6.07) is 21.4. The van der Waals surface area contributed by atoms with Gasteiger partial charge in [0.1, 0.15) is 23.9 Å². The number of ether oxygens (including phenoxy) is 3. The average Bonchev–Trinajstić information content (AvgIpc) is 2.76. The Balaban J connectivity index is 2.03. The van der Waals surface area contributed by atoms with E-state index in [0.717, 1.165) is 34.4 Å². The summed E-state index contributed by atoms with van der Waals surface area (Å²) in [5, 5.41) is 9.91. The highest BCUT2D eigenvalue weighted by Gasteiger charge is 2.17. The van der Waals surface area contributed by atoms with Crippen LogP contribution >= 0.6 is 0 Å². The first-order chi connectivity index (χ1) is 13.8. The molecule has 0 atom stereocenters. The molecule has 146 valence electrons. The summed E-state index contributed by atoms with van der Waals surface area (Å²) >= 11 is 0. The monoisotopic (exact) mass is 378 g/mol. The molecule has 28 heavy (non-hydrogen) atoms. The molecule has 4 heteroatoms. The highest BCUT2D eigenvalue weighted by atomic mass is 16.5. The Hall–Kier alpha value is -2.98. The van der Waals surface area contributed by atoms with Crippen LogP contribution in [0.5, 0.6) is 17.2 Å². The van der Waals surface area contributed by atoms with Gasteiger partial charge in [0.2, 0.25) is 0 Å². The summed E-state index contributed by atoms with van der Waals surface area (Å²) in [5.41, 5.74) is 3.59. The third-order valence-electron chi connectivity index (χ3n) is 4.44. The van der Waals surface area contributed by atoms with Gasteiger partial charge in [-0.05, 0) is 35.7 Å². The van der Waals surface area contributed by atoms with Gasteiger partial charge in [-0.3, -0.25) is 0 Å². The van der Waals surface area contributed by atoms with Crippen molar-refractivity contribution in [3.63, 3.8) is 0 Å². The van der Waals surface area contributed by atoms with Crippen molar-refractivity contribution in [1.82, 2.24) is 0 Å². The molecule has 3 aromatic carbocycles. The quantitative estimate of drug-likeness (QED) is 0.554. The SMILES string of the molecule is CCCOc1cccc(CO)c1-c1ccc(OC)cc1OCc1ccccc1. The van der Waals surface area contributed by atoms with E-state index in [2.05, 4.69) is 6.92 Å². The van der Waals surface area contributed by atoms with Crippen molar-refractivity contribution in [3.8, 4) is 28.4 Å². The minimum Gasteiger partial charge on any atom is -0.497 e. The fraction of sp³-hybridized carbons (Fsp3) is 0.250. The van der Waals surface area contributed by atoms with Crippen molar-refractivity contribution in [3.05, 3.63) is 77.9 Å². The Kier molecular flexibility index (Phi) is 6.93. The van der Waals surface area contributed by atoms with Crippen LogP contribution in [0, 0.1) is 0 Å². The van der Waals surface area contributed by atoms with Crippen molar-refractivity contribution in [2.75, 3.05) is 13.7 Å². The van der Waals surface area contributed by atoms with E-state index in [1.165, 1.54) is 0 Å². The fourth-order valence-electron chi connectivity index (χ4n) is 3.04. The molecule has 0 radical (unpaired) electrons. The van der Waals surface area contributed by atoms with Gasteiger partial charge in [-0.15, -0.1) is 0 Å². The maximum atomic E-state index is 9.91. The zero-order chi connectivity index (χ0) is 19.8. The van der Waals surface area contributed by atoms with Crippen LogP contribution in [-0.4, -0.2) is 18.8 Å². The molecule has 0 saturated heterocycles. The zero-order valence-corrected chi connectivity index (χ0v) is 16.4. The number of aliphatic hydroxyl groups is 1. The molecule has 0 amide bonds. The molecule has 1 N–H and O–H groups in total. The molecule has 4 nitrogen and oxygen atoms in total. The molecule has 0 aromatic heterocycles. The number of rotatable bonds is 9. The largest absolute Gasteiger partial charge is 0.497 e. The summed E-state index contributed by atoms with van der Waals surface area (Å²) in [6.45, 7) is 3.03. The summed E-state index contributed by atoms with van der Waals surface area (Å²) < 4.78 is 17.5. The minimum absolute atomic E-state index is 0.0805. The van der Waals surface area contributed by atoms with Crippen molar-refractivity contribution in [2.24, 2.45) is 0 Å². The van der Waals surface area contributed by atoms with Crippen molar-refractivity contribution in [1.29, 1.82) is 0 Å². The predicted molar refractivity (Wildman–Crippen MR) is 111 cm³/mol.